The summed E-state index contributed by atoms with van der Waals surface area (Å²) in [5.74, 6) is 0.201. The van der Waals surface area contributed by atoms with Gasteiger partial charge in [0.05, 0.1) is 11.7 Å². The van der Waals surface area contributed by atoms with Crippen molar-refractivity contribution in [2.75, 3.05) is 0 Å². The average molecular weight is 245 g/mol. The summed E-state index contributed by atoms with van der Waals surface area (Å²) in [4.78, 5) is 0. The van der Waals surface area contributed by atoms with Crippen LogP contribution in [0.5, 0.6) is 5.75 Å². The van der Waals surface area contributed by atoms with Crippen molar-refractivity contribution < 1.29 is 5.11 Å². The highest BCUT2D eigenvalue weighted by Crippen LogP contribution is 2.26. The summed E-state index contributed by atoms with van der Waals surface area (Å²) in [6.45, 7) is 0. The molecule has 3 aromatic rings. The zero-order valence-electron chi connectivity index (χ0n) is 8.84. The Labute approximate surface area is 103 Å². The van der Waals surface area contributed by atoms with Gasteiger partial charge in [-0.3, -0.25) is 0 Å². The first-order valence-electron chi connectivity index (χ1n) is 5.17. The lowest BCUT2D eigenvalue weighted by Gasteiger charge is -2.05. The summed E-state index contributed by atoms with van der Waals surface area (Å²) in [5, 5.41) is 15.7. The minimum atomic E-state index is 0.201. The molecule has 0 aliphatic heterocycles. The van der Waals surface area contributed by atoms with Crippen molar-refractivity contribution in [3.05, 3.63) is 53.7 Å². The Balaban J connectivity index is 2.29. The van der Waals surface area contributed by atoms with Crippen LogP contribution >= 0.6 is 11.6 Å². The molecule has 3 rings (SSSR count). The highest BCUT2D eigenvalue weighted by molar-refractivity contribution is 6.31. The number of fused-ring (bicyclic) bond motifs is 1. The number of phenols is 1. The van der Waals surface area contributed by atoms with Crippen LogP contribution in [0.25, 0.3) is 16.6 Å². The second kappa shape index (κ2) is 3.79. The summed E-state index contributed by atoms with van der Waals surface area (Å²) in [5.41, 5.74) is 1.57. The number of aromatic nitrogens is 2. The van der Waals surface area contributed by atoms with Gasteiger partial charge in [-0.15, -0.1) is 0 Å². The molecule has 0 unspecified atom stereocenters. The molecule has 0 fully saturated rings. The van der Waals surface area contributed by atoms with Crippen LogP contribution in [0.15, 0.2) is 48.7 Å². The minimum absolute atomic E-state index is 0.201. The van der Waals surface area contributed by atoms with Crippen LogP contribution < -0.4 is 0 Å². The first-order valence-corrected chi connectivity index (χ1v) is 5.55. The molecule has 0 bridgehead atoms. The summed E-state index contributed by atoms with van der Waals surface area (Å²) in [7, 11) is 0. The van der Waals surface area contributed by atoms with E-state index in [-0.39, 0.29) is 5.75 Å². The second-order valence-corrected chi connectivity index (χ2v) is 4.18. The maximum atomic E-state index is 9.81. The van der Waals surface area contributed by atoms with E-state index in [1.165, 1.54) is 0 Å². The van der Waals surface area contributed by atoms with Crippen molar-refractivity contribution >= 4 is 22.5 Å². The number of nitrogens with zero attached hydrogens (tertiary/aromatic N) is 2. The Morgan fingerprint density at radius 1 is 1.12 bits per heavy atom. The summed E-state index contributed by atoms with van der Waals surface area (Å²) < 4.78 is 1.70. The molecule has 1 aromatic heterocycles. The summed E-state index contributed by atoms with van der Waals surface area (Å²) in [6.07, 6.45) is 1.73. The minimum Gasteiger partial charge on any atom is -0.506 e. The third-order valence-electron chi connectivity index (χ3n) is 2.64. The van der Waals surface area contributed by atoms with E-state index in [0.29, 0.717) is 10.7 Å². The van der Waals surface area contributed by atoms with Gasteiger partial charge in [0, 0.05) is 10.4 Å². The van der Waals surface area contributed by atoms with Crippen molar-refractivity contribution in [2.45, 2.75) is 0 Å². The topological polar surface area (TPSA) is 38.0 Å². The van der Waals surface area contributed by atoms with Crippen LogP contribution in [-0.4, -0.2) is 14.9 Å². The SMILES string of the molecule is Oc1ccccc1-n1ncc2cc(Cl)ccc21. The molecule has 0 spiro atoms. The molecule has 4 heteroatoms. The van der Waals surface area contributed by atoms with Gasteiger partial charge in [0.1, 0.15) is 11.4 Å². The molecule has 0 aliphatic carbocycles. The Morgan fingerprint density at radius 2 is 1.94 bits per heavy atom. The lowest BCUT2D eigenvalue weighted by atomic mass is 10.2. The molecule has 2 aromatic carbocycles. The van der Waals surface area contributed by atoms with Crippen LogP contribution in [0, 0.1) is 0 Å². The van der Waals surface area contributed by atoms with Crippen molar-refractivity contribution in [1.82, 2.24) is 9.78 Å². The van der Waals surface area contributed by atoms with Crippen LogP contribution in [0.1, 0.15) is 0 Å². The third-order valence-corrected chi connectivity index (χ3v) is 2.88. The fraction of sp³-hybridized carbons (Fsp3) is 0. The molecule has 0 amide bonds. The van der Waals surface area contributed by atoms with Gasteiger partial charge in [0.15, 0.2) is 0 Å². The monoisotopic (exact) mass is 244 g/mol. The van der Waals surface area contributed by atoms with Gasteiger partial charge in [0.2, 0.25) is 0 Å². The zero-order chi connectivity index (χ0) is 11.8. The van der Waals surface area contributed by atoms with E-state index in [0.717, 1.165) is 10.9 Å². The number of hydrogen-bond acceptors (Lipinski definition) is 2. The van der Waals surface area contributed by atoms with E-state index >= 15 is 0 Å². The first-order chi connectivity index (χ1) is 8.25. The predicted octanol–water partition coefficient (Wildman–Crippen LogP) is 3.38. The molecular formula is C13H9ClN2O. The average Bonchev–Trinajstić information content (AvgIpc) is 2.72. The van der Waals surface area contributed by atoms with Crippen LogP contribution in [-0.2, 0) is 0 Å². The van der Waals surface area contributed by atoms with Gasteiger partial charge < -0.3 is 5.11 Å². The molecule has 0 saturated heterocycles. The lowest BCUT2D eigenvalue weighted by Crippen LogP contribution is -1.95. The van der Waals surface area contributed by atoms with E-state index < -0.39 is 0 Å². The van der Waals surface area contributed by atoms with Crippen LogP contribution in [0.4, 0.5) is 0 Å². The smallest absolute Gasteiger partial charge is 0.141 e. The molecule has 84 valence electrons. The van der Waals surface area contributed by atoms with Gasteiger partial charge >= 0.3 is 0 Å². The van der Waals surface area contributed by atoms with E-state index in [1.807, 2.05) is 30.3 Å². The molecule has 0 aliphatic rings. The number of halogens is 1. The van der Waals surface area contributed by atoms with E-state index in [4.69, 9.17) is 11.6 Å². The highest BCUT2D eigenvalue weighted by atomic mass is 35.5. The number of benzene rings is 2. The molecule has 0 radical (unpaired) electrons. The molecule has 17 heavy (non-hydrogen) atoms. The Kier molecular flexibility index (Phi) is 2.27. The van der Waals surface area contributed by atoms with Gasteiger partial charge in [-0.25, -0.2) is 4.68 Å². The number of aromatic hydroxyl groups is 1. The fourth-order valence-electron chi connectivity index (χ4n) is 1.84. The number of hydrogen-bond donors (Lipinski definition) is 1. The van der Waals surface area contributed by atoms with Crippen molar-refractivity contribution in [1.29, 1.82) is 0 Å². The molecule has 0 saturated carbocycles. The molecule has 0 atom stereocenters. The quantitative estimate of drug-likeness (QED) is 0.713. The van der Waals surface area contributed by atoms with Crippen molar-refractivity contribution in [2.24, 2.45) is 0 Å². The van der Waals surface area contributed by atoms with E-state index in [2.05, 4.69) is 5.10 Å². The maximum absolute atomic E-state index is 9.81. The van der Waals surface area contributed by atoms with Gasteiger partial charge in [0.25, 0.3) is 0 Å². The van der Waals surface area contributed by atoms with Gasteiger partial charge in [-0.2, -0.15) is 5.10 Å². The maximum Gasteiger partial charge on any atom is 0.141 e. The van der Waals surface area contributed by atoms with Gasteiger partial charge in [-0.1, -0.05) is 23.7 Å². The highest BCUT2D eigenvalue weighted by Gasteiger charge is 2.08. The fourth-order valence-corrected chi connectivity index (χ4v) is 2.02. The number of phenolic OH excluding ortho intramolecular Hbond substituents is 1. The standard InChI is InChI=1S/C13H9ClN2O/c14-10-5-6-11-9(7-10)8-15-16(11)12-3-1-2-4-13(12)17/h1-8,17H. The zero-order valence-corrected chi connectivity index (χ0v) is 9.59. The summed E-state index contributed by atoms with van der Waals surface area (Å²) >= 11 is 5.92. The third kappa shape index (κ3) is 1.65. The Morgan fingerprint density at radius 3 is 2.76 bits per heavy atom. The lowest BCUT2D eigenvalue weighted by molar-refractivity contribution is 0.471. The molecule has 1 heterocycles. The Hall–Kier alpha value is -2.00. The van der Waals surface area contributed by atoms with Gasteiger partial charge in [-0.05, 0) is 30.3 Å². The Bertz CT molecular complexity index is 691. The molecule has 3 nitrogen and oxygen atoms in total. The van der Waals surface area contributed by atoms with Crippen molar-refractivity contribution in [3.8, 4) is 11.4 Å². The predicted molar refractivity (Wildman–Crippen MR) is 67.7 cm³/mol. The first kappa shape index (κ1) is 10.2. The summed E-state index contributed by atoms with van der Waals surface area (Å²) in [6, 6.07) is 12.6. The van der Waals surface area contributed by atoms with Crippen LogP contribution in [0.2, 0.25) is 5.02 Å². The van der Waals surface area contributed by atoms with Crippen molar-refractivity contribution in [3.63, 3.8) is 0 Å². The van der Waals surface area contributed by atoms with E-state index in [9.17, 15) is 5.11 Å². The normalized spacial score (nSPS) is 10.9. The molecular weight excluding hydrogens is 236 g/mol. The van der Waals surface area contributed by atoms with E-state index in [1.54, 1.807) is 23.0 Å². The molecule has 1 N–H and O–H groups in total. The second-order valence-electron chi connectivity index (χ2n) is 3.75. The number of para-hydroxylation sites is 2. The van der Waals surface area contributed by atoms with Crippen LogP contribution in [0.3, 0.4) is 0 Å². The number of rotatable bonds is 1. The largest absolute Gasteiger partial charge is 0.506 e.